The van der Waals surface area contributed by atoms with E-state index in [-0.39, 0.29) is 20.8 Å². The fourth-order valence-corrected chi connectivity index (χ4v) is 5.44. The van der Waals surface area contributed by atoms with Gasteiger partial charge in [-0.3, -0.25) is 4.72 Å². The van der Waals surface area contributed by atoms with Crippen molar-refractivity contribution in [3.8, 4) is 11.5 Å². The van der Waals surface area contributed by atoms with Gasteiger partial charge in [-0.2, -0.15) is 13.2 Å². The van der Waals surface area contributed by atoms with E-state index in [9.17, 15) is 21.6 Å². The Bertz CT molecular complexity index is 1280. The van der Waals surface area contributed by atoms with Crippen LogP contribution in [0.4, 0.5) is 18.3 Å². The van der Waals surface area contributed by atoms with Crippen molar-refractivity contribution in [2.45, 2.75) is 43.0 Å². The van der Waals surface area contributed by atoms with Crippen LogP contribution in [0.1, 0.15) is 37.5 Å². The zero-order valence-electron chi connectivity index (χ0n) is 17.3. The molecule has 0 bridgehead atoms. The number of halogens is 4. The Morgan fingerprint density at radius 3 is 2.64 bits per heavy atom. The van der Waals surface area contributed by atoms with Gasteiger partial charge in [0.15, 0.2) is 5.13 Å². The second kappa shape index (κ2) is 8.37. The normalized spacial score (nSPS) is 17.7. The highest BCUT2D eigenvalue weighted by atomic mass is 35.5. The van der Waals surface area contributed by atoms with Crippen molar-refractivity contribution in [3.63, 3.8) is 0 Å². The molecule has 0 unspecified atom stereocenters. The van der Waals surface area contributed by atoms with Gasteiger partial charge in [-0.15, -0.1) is 11.3 Å². The number of alkyl halides is 3. The van der Waals surface area contributed by atoms with Gasteiger partial charge in [-0.05, 0) is 38.1 Å². The van der Waals surface area contributed by atoms with E-state index in [1.165, 1.54) is 24.4 Å². The number of fused-ring (bicyclic) bond motifs is 1. The average molecular weight is 519 g/mol. The van der Waals surface area contributed by atoms with Gasteiger partial charge in [0.1, 0.15) is 23.2 Å². The Morgan fingerprint density at radius 2 is 2.00 bits per heavy atom. The number of rotatable bonds is 5. The number of nitrogens with one attached hydrogen (secondary N) is 1. The van der Waals surface area contributed by atoms with Gasteiger partial charge >= 0.3 is 6.18 Å². The summed E-state index contributed by atoms with van der Waals surface area (Å²) in [6.45, 7) is 3.60. The summed E-state index contributed by atoms with van der Waals surface area (Å²) in [4.78, 5) is 3.89. The zero-order chi connectivity index (χ0) is 24.0. The summed E-state index contributed by atoms with van der Waals surface area (Å²) in [6.07, 6.45) is -3.30. The molecule has 0 amide bonds. The van der Waals surface area contributed by atoms with Crippen LogP contribution in [0.2, 0.25) is 5.02 Å². The molecular weight excluding hydrogens is 501 g/mol. The molecule has 4 rings (SSSR count). The van der Waals surface area contributed by atoms with Crippen molar-refractivity contribution in [3.05, 3.63) is 64.1 Å². The number of benzene rings is 2. The van der Waals surface area contributed by atoms with Crippen LogP contribution in [0.25, 0.3) is 0 Å². The average Bonchev–Trinajstić information content (AvgIpc) is 3.19. The van der Waals surface area contributed by atoms with Crippen LogP contribution in [0.5, 0.6) is 11.5 Å². The lowest BCUT2D eigenvalue weighted by Crippen LogP contribution is -2.36. The van der Waals surface area contributed by atoms with E-state index in [0.29, 0.717) is 17.7 Å². The smallest absolute Gasteiger partial charge is 0.416 e. The quantitative estimate of drug-likeness (QED) is 0.429. The van der Waals surface area contributed by atoms with Crippen LogP contribution in [0, 0.1) is 0 Å². The first-order valence-electron chi connectivity index (χ1n) is 9.63. The van der Waals surface area contributed by atoms with Gasteiger partial charge in [0.25, 0.3) is 10.0 Å². The van der Waals surface area contributed by atoms with Crippen molar-refractivity contribution in [2.24, 2.45) is 0 Å². The van der Waals surface area contributed by atoms with Crippen LogP contribution < -0.4 is 14.2 Å². The third kappa shape index (κ3) is 5.20. The molecule has 0 fully saturated rings. The molecule has 1 N–H and O–H groups in total. The number of aromatic nitrogens is 1. The van der Waals surface area contributed by atoms with Crippen molar-refractivity contribution >= 4 is 38.1 Å². The van der Waals surface area contributed by atoms with Gasteiger partial charge in [0.2, 0.25) is 0 Å². The fraction of sp³-hybridized carbons (Fsp3) is 0.286. The molecular formula is C21H18ClF3N2O4S2. The number of hydrogen-bond acceptors (Lipinski definition) is 6. The molecule has 2 aromatic carbocycles. The molecule has 2 heterocycles. The third-order valence-corrected chi connectivity index (χ3v) is 7.34. The molecule has 1 atom stereocenters. The van der Waals surface area contributed by atoms with E-state index in [1.54, 1.807) is 25.3 Å². The Kier molecular flexibility index (Phi) is 6.00. The molecule has 3 aromatic rings. The summed E-state index contributed by atoms with van der Waals surface area (Å²) in [6, 6.07) is 7.22. The molecule has 0 radical (unpaired) electrons. The summed E-state index contributed by atoms with van der Waals surface area (Å²) in [5.74, 6) is 0.377. The molecule has 0 spiro atoms. The van der Waals surface area contributed by atoms with Gasteiger partial charge in [0.05, 0.1) is 15.5 Å². The molecule has 1 aliphatic heterocycles. The van der Waals surface area contributed by atoms with Crippen LogP contribution in [0.15, 0.2) is 52.9 Å². The highest BCUT2D eigenvalue weighted by Gasteiger charge is 2.37. The highest BCUT2D eigenvalue weighted by Crippen LogP contribution is 2.44. The van der Waals surface area contributed by atoms with E-state index in [1.807, 2.05) is 0 Å². The van der Waals surface area contributed by atoms with Crippen LogP contribution in [-0.2, 0) is 16.2 Å². The first kappa shape index (κ1) is 23.7. The van der Waals surface area contributed by atoms with E-state index in [4.69, 9.17) is 21.1 Å². The van der Waals surface area contributed by atoms with Crippen molar-refractivity contribution in [2.75, 3.05) is 4.72 Å². The van der Waals surface area contributed by atoms with Crippen molar-refractivity contribution in [1.29, 1.82) is 0 Å². The van der Waals surface area contributed by atoms with Crippen LogP contribution in [-0.4, -0.2) is 19.0 Å². The minimum atomic E-state index is -4.52. The van der Waals surface area contributed by atoms with Crippen LogP contribution >= 0.6 is 22.9 Å². The summed E-state index contributed by atoms with van der Waals surface area (Å²) >= 11 is 7.20. The largest absolute Gasteiger partial charge is 0.487 e. The Balaban J connectivity index is 1.65. The van der Waals surface area contributed by atoms with E-state index < -0.39 is 33.5 Å². The molecule has 33 heavy (non-hydrogen) atoms. The second-order valence-corrected chi connectivity index (χ2v) is 10.9. The van der Waals surface area contributed by atoms with E-state index in [0.717, 1.165) is 23.5 Å². The Morgan fingerprint density at radius 1 is 1.24 bits per heavy atom. The number of thiazole rings is 1. The molecule has 0 saturated heterocycles. The zero-order valence-corrected chi connectivity index (χ0v) is 19.7. The number of anilines is 1. The molecule has 1 aliphatic rings. The van der Waals surface area contributed by atoms with Gasteiger partial charge in [0, 0.05) is 29.6 Å². The lowest BCUT2D eigenvalue weighted by Gasteiger charge is -2.37. The summed E-state index contributed by atoms with van der Waals surface area (Å²) in [5, 5.41) is 1.69. The number of ether oxygens (including phenoxy) is 2. The lowest BCUT2D eigenvalue weighted by atomic mass is 9.91. The molecule has 176 valence electrons. The first-order chi connectivity index (χ1) is 15.3. The minimum Gasteiger partial charge on any atom is -0.487 e. The highest BCUT2D eigenvalue weighted by molar-refractivity contribution is 7.93. The molecule has 0 saturated carbocycles. The molecule has 12 heteroatoms. The topological polar surface area (TPSA) is 77.5 Å². The maximum Gasteiger partial charge on any atom is 0.416 e. The Labute approximate surface area is 197 Å². The van der Waals surface area contributed by atoms with Gasteiger partial charge < -0.3 is 9.47 Å². The summed E-state index contributed by atoms with van der Waals surface area (Å²) < 4.78 is 78.6. The van der Waals surface area contributed by atoms with Gasteiger partial charge in [-0.25, -0.2) is 13.4 Å². The predicted molar refractivity (Wildman–Crippen MR) is 119 cm³/mol. The summed E-state index contributed by atoms with van der Waals surface area (Å²) in [7, 11) is -3.91. The number of nitrogens with zero attached hydrogens (tertiary/aromatic N) is 1. The molecule has 1 aromatic heterocycles. The monoisotopic (exact) mass is 518 g/mol. The predicted octanol–water partition coefficient (Wildman–Crippen LogP) is 6.30. The Hall–Kier alpha value is -2.50. The van der Waals surface area contributed by atoms with Gasteiger partial charge in [-0.1, -0.05) is 17.7 Å². The summed E-state index contributed by atoms with van der Waals surface area (Å²) in [5.41, 5.74) is -1.06. The van der Waals surface area contributed by atoms with E-state index in [2.05, 4.69) is 9.71 Å². The maximum absolute atomic E-state index is 12.9. The third-order valence-electron chi connectivity index (χ3n) is 4.89. The molecule has 6 nitrogen and oxygen atoms in total. The van der Waals surface area contributed by atoms with Crippen LogP contribution in [0.3, 0.4) is 0 Å². The standard InChI is InChI=1S/C21H18ClF3N2O4S2/c1-20(2)11-18(30-16-6-3-12(9-15(16)22)21(23,24)25)14-5-4-13(10-17(14)31-20)33(28,29)27-19-26-7-8-32-19/h3-10,18H,11H2,1-2H3,(H,26,27)/t18-/m0/s1. The number of hydrogen-bond donors (Lipinski definition) is 1. The van der Waals surface area contributed by atoms with Crippen molar-refractivity contribution in [1.82, 2.24) is 4.98 Å². The minimum absolute atomic E-state index is 0.0273. The maximum atomic E-state index is 12.9. The first-order valence-corrected chi connectivity index (χ1v) is 12.4. The van der Waals surface area contributed by atoms with Crippen molar-refractivity contribution < 1.29 is 31.1 Å². The molecule has 0 aliphatic carbocycles. The SMILES string of the molecule is CC1(C)C[C@H](Oc2ccc(C(F)(F)F)cc2Cl)c2ccc(S(=O)(=O)Nc3nccs3)cc2O1. The lowest BCUT2D eigenvalue weighted by molar-refractivity contribution is -0.137. The fourth-order valence-electron chi connectivity index (χ4n) is 3.41. The van der Waals surface area contributed by atoms with E-state index >= 15 is 0 Å². The number of sulfonamides is 1. The second-order valence-electron chi connectivity index (χ2n) is 7.96.